The molecule has 0 aliphatic heterocycles. The van der Waals surface area contributed by atoms with Gasteiger partial charge in [-0.3, -0.25) is 4.79 Å². The van der Waals surface area contributed by atoms with Crippen LogP contribution in [0.25, 0.3) is 0 Å². The fourth-order valence-electron chi connectivity index (χ4n) is 1.63. The van der Waals surface area contributed by atoms with E-state index in [1.165, 1.54) is 0 Å². The van der Waals surface area contributed by atoms with E-state index in [1.54, 1.807) is 11.3 Å². The molecule has 1 unspecified atom stereocenters. The molecule has 1 aromatic heterocycles. The molecule has 1 amide bonds. The minimum atomic E-state index is -0.452. The Bertz CT molecular complexity index is 400. The number of aromatic nitrogens is 1. The number of carbonyl (C=O) groups excluding carboxylic acids is 1. The van der Waals surface area contributed by atoms with Gasteiger partial charge in [0.15, 0.2) is 0 Å². The molecular weight excluding hydrogens is 234 g/mol. The largest absolute Gasteiger partial charge is 0.347 e. The summed E-state index contributed by atoms with van der Waals surface area (Å²) < 4.78 is 0. The predicted octanol–water partition coefficient (Wildman–Crippen LogP) is 1.92. The maximum absolute atomic E-state index is 11.8. The van der Waals surface area contributed by atoms with Crippen molar-refractivity contribution in [3.8, 4) is 0 Å². The molecule has 0 aliphatic rings. The third-order valence-electron chi connectivity index (χ3n) is 2.71. The minimum absolute atomic E-state index is 0.0292. The quantitative estimate of drug-likeness (QED) is 0.863. The number of rotatable bonds is 4. The number of amides is 1. The van der Waals surface area contributed by atoms with Gasteiger partial charge in [-0.05, 0) is 26.7 Å². The van der Waals surface area contributed by atoms with Gasteiger partial charge in [0, 0.05) is 4.88 Å². The van der Waals surface area contributed by atoms with Crippen molar-refractivity contribution in [1.29, 1.82) is 0 Å². The number of carbonyl (C=O) groups is 1. The second-order valence-electron chi connectivity index (χ2n) is 4.68. The third kappa shape index (κ3) is 3.51. The average molecular weight is 255 g/mol. The lowest BCUT2D eigenvalue weighted by molar-refractivity contribution is -0.123. The zero-order chi connectivity index (χ0) is 13.2. The van der Waals surface area contributed by atoms with Gasteiger partial charge in [0.1, 0.15) is 0 Å². The van der Waals surface area contributed by atoms with Crippen LogP contribution in [-0.4, -0.2) is 16.9 Å². The van der Waals surface area contributed by atoms with E-state index in [4.69, 9.17) is 5.73 Å². The zero-order valence-corrected chi connectivity index (χ0v) is 11.9. The number of nitrogens with two attached hydrogens (primary N) is 1. The normalized spacial score (nSPS) is 14.8. The van der Waals surface area contributed by atoms with Crippen LogP contribution in [-0.2, 0) is 4.79 Å². The molecule has 1 aromatic rings. The fourth-order valence-corrected chi connectivity index (χ4v) is 2.56. The van der Waals surface area contributed by atoms with Gasteiger partial charge >= 0.3 is 0 Å². The Hall–Kier alpha value is -0.940. The number of hydrogen-bond acceptors (Lipinski definition) is 4. The number of nitrogens with zero attached hydrogens (tertiary/aromatic N) is 1. The van der Waals surface area contributed by atoms with Crippen LogP contribution in [0.5, 0.6) is 0 Å². The van der Waals surface area contributed by atoms with Crippen LogP contribution in [0.3, 0.4) is 0 Å². The second kappa shape index (κ2) is 5.60. The summed E-state index contributed by atoms with van der Waals surface area (Å²) in [4.78, 5) is 17.3. The molecule has 4 nitrogen and oxygen atoms in total. The molecule has 0 spiro atoms. The van der Waals surface area contributed by atoms with Crippen LogP contribution in [0.15, 0.2) is 0 Å². The zero-order valence-electron chi connectivity index (χ0n) is 11.1. The molecule has 5 heteroatoms. The first-order chi connectivity index (χ1) is 7.82. The van der Waals surface area contributed by atoms with Crippen molar-refractivity contribution >= 4 is 17.2 Å². The Labute approximate surface area is 107 Å². The van der Waals surface area contributed by atoms with Crippen molar-refractivity contribution in [1.82, 2.24) is 10.3 Å². The summed E-state index contributed by atoms with van der Waals surface area (Å²) >= 11 is 1.62. The van der Waals surface area contributed by atoms with Gasteiger partial charge in [-0.1, -0.05) is 13.8 Å². The number of nitrogens with one attached hydrogen (secondary N) is 1. The van der Waals surface area contributed by atoms with E-state index in [9.17, 15) is 4.79 Å². The molecule has 1 heterocycles. The highest BCUT2D eigenvalue weighted by Gasteiger charge is 2.21. The first-order valence-electron chi connectivity index (χ1n) is 5.82. The standard InChI is InChI=1S/C12H21N3OS/c1-6(2)10(13)12(16)15-8(4)11-7(3)14-9(5)17-11/h6,8,10H,13H2,1-5H3,(H,15,16)/t8?,10-/m1/s1. The molecule has 3 N–H and O–H groups in total. The highest BCUT2D eigenvalue weighted by atomic mass is 32.1. The van der Waals surface area contributed by atoms with Crippen molar-refractivity contribution in [3.05, 3.63) is 15.6 Å². The van der Waals surface area contributed by atoms with Gasteiger partial charge in [-0.2, -0.15) is 0 Å². The maximum atomic E-state index is 11.8. The molecule has 17 heavy (non-hydrogen) atoms. The van der Waals surface area contributed by atoms with Crippen molar-refractivity contribution in [2.75, 3.05) is 0 Å². The topological polar surface area (TPSA) is 68.0 Å². The molecule has 0 aliphatic carbocycles. The second-order valence-corrected chi connectivity index (χ2v) is 5.92. The SMILES string of the molecule is Cc1nc(C)c(C(C)NC(=O)[C@H](N)C(C)C)s1. The summed E-state index contributed by atoms with van der Waals surface area (Å²) in [5, 5.41) is 3.96. The molecule has 0 aromatic carbocycles. The van der Waals surface area contributed by atoms with Crippen molar-refractivity contribution in [2.45, 2.75) is 46.7 Å². The summed E-state index contributed by atoms with van der Waals surface area (Å²) in [6.07, 6.45) is 0. The van der Waals surface area contributed by atoms with Gasteiger partial charge in [-0.25, -0.2) is 4.98 Å². The Morgan fingerprint density at radius 3 is 2.35 bits per heavy atom. The lowest BCUT2D eigenvalue weighted by Crippen LogP contribution is -2.44. The maximum Gasteiger partial charge on any atom is 0.237 e. The van der Waals surface area contributed by atoms with Crippen LogP contribution in [0.2, 0.25) is 0 Å². The molecule has 1 rings (SSSR count). The summed E-state index contributed by atoms with van der Waals surface area (Å²) in [6, 6.07) is -0.481. The van der Waals surface area contributed by atoms with Gasteiger partial charge in [0.25, 0.3) is 0 Å². The molecule has 0 radical (unpaired) electrons. The van der Waals surface area contributed by atoms with Gasteiger partial charge in [-0.15, -0.1) is 11.3 Å². The van der Waals surface area contributed by atoms with Gasteiger partial charge in [0.2, 0.25) is 5.91 Å². The van der Waals surface area contributed by atoms with E-state index >= 15 is 0 Å². The summed E-state index contributed by atoms with van der Waals surface area (Å²) in [7, 11) is 0. The predicted molar refractivity (Wildman–Crippen MR) is 71.0 cm³/mol. The van der Waals surface area contributed by atoms with Crippen LogP contribution < -0.4 is 11.1 Å². The Kier molecular flexibility index (Phi) is 4.65. The van der Waals surface area contributed by atoms with Crippen LogP contribution in [0.1, 0.15) is 42.4 Å². The van der Waals surface area contributed by atoms with Crippen molar-refractivity contribution in [3.63, 3.8) is 0 Å². The van der Waals surface area contributed by atoms with Gasteiger partial charge < -0.3 is 11.1 Å². The van der Waals surface area contributed by atoms with Crippen molar-refractivity contribution < 1.29 is 4.79 Å². The summed E-state index contributed by atoms with van der Waals surface area (Å²) in [6.45, 7) is 9.78. The Morgan fingerprint density at radius 1 is 1.35 bits per heavy atom. The molecule has 0 saturated heterocycles. The van der Waals surface area contributed by atoms with E-state index in [1.807, 2.05) is 34.6 Å². The Balaban J connectivity index is 2.70. The molecule has 0 bridgehead atoms. The smallest absolute Gasteiger partial charge is 0.237 e. The molecule has 96 valence electrons. The highest BCUT2D eigenvalue weighted by Crippen LogP contribution is 2.24. The number of aryl methyl sites for hydroxylation is 2. The lowest BCUT2D eigenvalue weighted by Gasteiger charge is -2.19. The minimum Gasteiger partial charge on any atom is -0.347 e. The monoisotopic (exact) mass is 255 g/mol. The van der Waals surface area contributed by atoms with E-state index in [2.05, 4.69) is 10.3 Å². The van der Waals surface area contributed by atoms with E-state index in [0.717, 1.165) is 15.6 Å². The fraction of sp³-hybridized carbons (Fsp3) is 0.667. The van der Waals surface area contributed by atoms with Crippen molar-refractivity contribution in [2.24, 2.45) is 11.7 Å². The Morgan fingerprint density at radius 2 is 1.94 bits per heavy atom. The number of hydrogen-bond donors (Lipinski definition) is 2. The van der Waals surface area contributed by atoms with Crippen LogP contribution >= 0.6 is 11.3 Å². The summed E-state index contributed by atoms with van der Waals surface area (Å²) in [5.74, 6) is 0.0458. The average Bonchev–Trinajstić information content (AvgIpc) is 2.56. The summed E-state index contributed by atoms with van der Waals surface area (Å²) in [5.41, 5.74) is 6.79. The van der Waals surface area contributed by atoms with E-state index in [0.29, 0.717) is 0 Å². The first-order valence-corrected chi connectivity index (χ1v) is 6.64. The highest BCUT2D eigenvalue weighted by molar-refractivity contribution is 7.11. The number of thiazole rings is 1. The van der Waals surface area contributed by atoms with Crippen LogP contribution in [0.4, 0.5) is 0 Å². The van der Waals surface area contributed by atoms with E-state index < -0.39 is 6.04 Å². The molecule has 0 saturated carbocycles. The third-order valence-corrected chi connectivity index (χ3v) is 3.97. The van der Waals surface area contributed by atoms with E-state index in [-0.39, 0.29) is 17.9 Å². The van der Waals surface area contributed by atoms with Crippen LogP contribution in [0, 0.1) is 19.8 Å². The first kappa shape index (κ1) is 14.1. The molecule has 0 fully saturated rings. The molecule has 2 atom stereocenters. The lowest BCUT2D eigenvalue weighted by atomic mass is 10.0. The van der Waals surface area contributed by atoms with Gasteiger partial charge in [0.05, 0.1) is 22.8 Å². The molecular formula is C12H21N3OS.